The van der Waals surface area contributed by atoms with Gasteiger partial charge < -0.3 is 4.57 Å². The van der Waals surface area contributed by atoms with Crippen molar-refractivity contribution in [2.45, 2.75) is 27.3 Å². The maximum absolute atomic E-state index is 11.8. The number of allylic oxidation sites excluding steroid dienone is 1. The van der Waals surface area contributed by atoms with Crippen molar-refractivity contribution in [3.63, 3.8) is 0 Å². The van der Waals surface area contributed by atoms with Crippen molar-refractivity contribution in [2.24, 2.45) is 0 Å². The predicted octanol–water partition coefficient (Wildman–Crippen LogP) is 4.16. The van der Waals surface area contributed by atoms with Gasteiger partial charge in [0.1, 0.15) is 0 Å². The molecule has 98 valence electrons. The molecule has 0 aliphatic rings. The van der Waals surface area contributed by atoms with Gasteiger partial charge >= 0.3 is 0 Å². The Hall–Kier alpha value is -2.09. The first kappa shape index (κ1) is 13.3. The second-order valence-electron chi connectivity index (χ2n) is 4.76. The van der Waals surface area contributed by atoms with Crippen LogP contribution in [0.15, 0.2) is 43.0 Å². The fraction of sp³-hybridized carbons (Fsp3) is 0.235. The number of hydrogen-bond acceptors (Lipinski definition) is 1. The first-order chi connectivity index (χ1) is 9.07. The van der Waals surface area contributed by atoms with E-state index in [1.807, 2.05) is 38.1 Å². The molecule has 2 heteroatoms. The molecule has 2 nitrogen and oxygen atoms in total. The lowest BCUT2D eigenvalue weighted by Gasteiger charge is -2.10. The summed E-state index contributed by atoms with van der Waals surface area (Å²) < 4.78 is 2.16. The molecule has 0 amide bonds. The molecule has 2 rings (SSSR count). The first-order valence-corrected chi connectivity index (χ1v) is 6.44. The van der Waals surface area contributed by atoms with Crippen LogP contribution in [-0.2, 0) is 6.54 Å². The minimum absolute atomic E-state index is 0.120. The fourth-order valence-corrected chi connectivity index (χ4v) is 2.74. The summed E-state index contributed by atoms with van der Waals surface area (Å²) in [7, 11) is 0. The molecule has 0 atom stereocenters. The number of carbonyl (C=O) groups is 1. The van der Waals surface area contributed by atoms with Gasteiger partial charge in [-0.25, -0.2) is 0 Å². The highest BCUT2D eigenvalue weighted by Crippen LogP contribution is 2.31. The SMILES string of the molecule is C=CCn1c(C)c(C(C)=O)c(C)c1-c1ccccc1. The van der Waals surface area contributed by atoms with Gasteiger partial charge in [-0.3, -0.25) is 4.79 Å². The largest absolute Gasteiger partial charge is 0.340 e. The second kappa shape index (κ2) is 5.27. The van der Waals surface area contributed by atoms with Crippen LogP contribution in [0.2, 0.25) is 0 Å². The first-order valence-electron chi connectivity index (χ1n) is 6.44. The molecule has 0 bridgehead atoms. The van der Waals surface area contributed by atoms with E-state index in [9.17, 15) is 4.79 Å². The zero-order valence-corrected chi connectivity index (χ0v) is 11.7. The highest BCUT2D eigenvalue weighted by atomic mass is 16.1. The van der Waals surface area contributed by atoms with Crippen LogP contribution in [0.4, 0.5) is 0 Å². The second-order valence-corrected chi connectivity index (χ2v) is 4.76. The molecule has 0 saturated carbocycles. The molecule has 1 heterocycles. The van der Waals surface area contributed by atoms with Crippen molar-refractivity contribution >= 4 is 5.78 Å². The number of nitrogens with zero attached hydrogens (tertiary/aromatic N) is 1. The fourth-order valence-electron chi connectivity index (χ4n) is 2.74. The van der Waals surface area contributed by atoms with Crippen LogP contribution in [0.3, 0.4) is 0 Å². The molecule has 1 aromatic carbocycles. The van der Waals surface area contributed by atoms with E-state index < -0.39 is 0 Å². The van der Waals surface area contributed by atoms with Gasteiger partial charge in [0.2, 0.25) is 0 Å². The molecule has 0 unspecified atom stereocenters. The zero-order valence-electron chi connectivity index (χ0n) is 11.7. The molecule has 0 saturated heterocycles. The molecule has 19 heavy (non-hydrogen) atoms. The number of carbonyl (C=O) groups excluding carboxylic acids is 1. The Labute approximate surface area is 114 Å². The minimum atomic E-state index is 0.120. The van der Waals surface area contributed by atoms with E-state index in [0.717, 1.165) is 28.1 Å². The van der Waals surface area contributed by atoms with Gasteiger partial charge in [-0.15, -0.1) is 6.58 Å². The molecule has 0 fully saturated rings. The van der Waals surface area contributed by atoms with Crippen LogP contribution in [0.25, 0.3) is 11.3 Å². The van der Waals surface area contributed by atoms with Gasteiger partial charge in [-0.2, -0.15) is 0 Å². The Balaban J connectivity index is 2.75. The van der Waals surface area contributed by atoms with Gasteiger partial charge in [0, 0.05) is 17.8 Å². The Morgan fingerprint density at radius 3 is 2.42 bits per heavy atom. The number of ketones is 1. The molecule has 0 spiro atoms. The summed E-state index contributed by atoms with van der Waals surface area (Å²) in [5.74, 6) is 0.120. The Morgan fingerprint density at radius 1 is 1.26 bits per heavy atom. The number of aromatic nitrogens is 1. The molecule has 0 N–H and O–H groups in total. The average molecular weight is 253 g/mol. The van der Waals surface area contributed by atoms with Crippen LogP contribution in [0.5, 0.6) is 0 Å². The van der Waals surface area contributed by atoms with E-state index in [-0.39, 0.29) is 5.78 Å². The average Bonchev–Trinajstić information content (AvgIpc) is 2.63. The summed E-state index contributed by atoms with van der Waals surface area (Å²) >= 11 is 0. The van der Waals surface area contributed by atoms with Gasteiger partial charge in [0.15, 0.2) is 5.78 Å². The number of hydrogen-bond donors (Lipinski definition) is 0. The van der Waals surface area contributed by atoms with Gasteiger partial charge in [0.25, 0.3) is 0 Å². The molecule has 0 aliphatic carbocycles. The number of Topliss-reactive ketones (excluding diaryl/α,β-unsaturated/α-hetero) is 1. The highest BCUT2D eigenvalue weighted by molar-refractivity contribution is 5.99. The van der Waals surface area contributed by atoms with E-state index in [1.54, 1.807) is 6.92 Å². The monoisotopic (exact) mass is 253 g/mol. The van der Waals surface area contributed by atoms with Crippen LogP contribution >= 0.6 is 0 Å². The quantitative estimate of drug-likeness (QED) is 0.592. The standard InChI is InChI=1S/C17H19NO/c1-5-11-18-13(3)16(14(4)19)12(2)17(18)15-9-7-6-8-10-15/h5-10H,1,11H2,2-4H3. The van der Waals surface area contributed by atoms with E-state index in [4.69, 9.17) is 0 Å². The summed E-state index contributed by atoms with van der Waals surface area (Å²) in [6, 6.07) is 10.2. The third-order valence-electron chi connectivity index (χ3n) is 3.48. The summed E-state index contributed by atoms with van der Waals surface area (Å²) in [6.07, 6.45) is 1.86. The van der Waals surface area contributed by atoms with Crippen LogP contribution in [0.1, 0.15) is 28.5 Å². The van der Waals surface area contributed by atoms with E-state index in [0.29, 0.717) is 6.54 Å². The lowest BCUT2D eigenvalue weighted by molar-refractivity contribution is 0.101. The summed E-state index contributed by atoms with van der Waals surface area (Å²) in [5, 5.41) is 0. The molecule has 2 aromatic rings. The van der Waals surface area contributed by atoms with E-state index in [2.05, 4.69) is 23.3 Å². The highest BCUT2D eigenvalue weighted by Gasteiger charge is 2.20. The van der Waals surface area contributed by atoms with E-state index >= 15 is 0 Å². The Morgan fingerprint density at radius 2 is 1.89 bits per heavy atom. The van der Waals surface area contributed by atoms with Crippen LogP contribution < -0.4 is 0 Å². The number of rotatable bonds is 4. The van der Waals surface area contributed by atoms with Gasteiger partial charge in [-0.1, -0.05) is 36.4 Å². The Bertz CT molecular complexity index is 620. The maximum atomic E-state index is 11.8. The maximum Gasteiger partial charge on any atom is 0.161 e. The van der Waals surface area contributed by atoms with Crippen molar-refractivity contribution in [1.29, 1.82) is 0 Å². The smallest absolute Gasteiger partial charge is 0.161 e. The predicted molar refractivity (Wildman–Crippen MR) is 79.5 cm³/mol. The van der Waals surface area contributed by atoms with E-state index in [1.165, 1.54) is 0 Å². The molecular weight excluding hydrogens is 234 g/mol. The number of benzene rings is 1. The lowest BCUT2D eigenvalue weighted by atomic mass is 10.0. The van der Waals surface area contributed by atoms with Crippen molar-refractivity contribution in [3.05, 3.63) is 59.8 Å². The molecular formula is C17H19NO. The topological polar surface area (TPSA) is 22.0 Å². The van der Waals surface area contributed by atoms with Crippen molar-refractivity contribution in [1.82, 2.24) is 4.57 Å². The lowest BCUT2D eigenvalue weighted by Crippen LogP contribution is -2.02. The Kier molecular flexibility index (Phi) is 3.70. The van der Waals surface area contributed by atoms with Crippen LogP contribution in [-0.4, -0.2) is 10.4 Å². The third kappa shape index (κ3) is 2.26. The summed E-state index contributed by atoms with van der Waals surface area (Å²) in [6.45, 7) is 10.2. The molecule has 1 aromatic heterocycles. The van der Waals surface area contributed by atoms with Gasteiger partial charge in [0.05, 0.1) is 5.69 Å². The molecule has 0 aliphatic heterocycles. The van der Waals surface area contributed by atoms with Crippen LogP contribution in [0, 0.1) is 13.8 Å². The third-order valence-corrected chi connectivity index (χ3v) is 3.48. The minimum Gasteiger partial charge on any atom is -0.340 e. The molecule has 0 radical (unpaired) electrons. The van der Waals surface area contributed by atoms with Crippen molar-refractivity contribution in [3.8, 4) is 11.3 Å². The summed E-state index contributed by atoms with van der Waals surface area (Å²) in [5.41, 5.74) is 5.16. The normalized spacial score (nSPS) is 10.5. The zero-order chi connectivity index (χ0) is 14.0. The van der Waals surface area contributed by atoms with Gasteiger partial charge in [-0.05, 0) is 31.9 Å². The van der Waals surface area contributed by atoms with Crippen molar-refractivity contribution in [2.75, 3.05) is 0 Å². The summed E-state index contributed by atoms with van der Waals surface area (Å²) in [4.78, 5) is 11.8. The van der Waals surface area contributed by atoms with Crippen molar-refractivity contribution < 1.29 is 4.79 Å².